The Hall–Kier alpha value is -3.12. The van der Waals surface area contributed by atoms with Crippen molar-refractivity contribution in [1.82, 2.24) is 9.80 Å². The number of amides is 2. The van der Waals surface area contributed by atoms with Gasteiger partial charge in [-0.25, -0.2) is 4.90 Å². The first-order valence-corrected chi connectivity index (χ1v) is 9.86. The summed E-state index contributed by atoms with van der Waals surface area (Å²) < 4.78 is 0. The maximum absolute atomic E-state index is 13.5. The Bertz CT molecular complexity index is 943. The van der Waals surface area contributed by atoms with E-state index in [0.29, 0.717) is 17.0 Å². The van der Waals surface area contributed by atoms with Crippen LogP contribution in [0.25, 0.3) is 5.57 Å². The third-order valence-electron chi connectivity index (χ3n) is 5.57. The number of rotatable bonds is 4. The van der Waals surface area contributed by atoms with Gasteiger partial charge in [-0.15, -0.1) is 0 Å². The van der Waals surface area contributed by atoms with Crippen molar-refractivity contribution in [2.75, 3.05) is 57.1 Å². The zero-order chi connectivity index (χ0) is 20.5. The fraction of sp³-hybridized carbons (Fsp3) is 0.304. The number of carbonyl (C=O) groups is 2. The first kappa shape index (κ1) is 19.2. The van der Waals surface area contributed by atoms with Crippen LogP contribution in [-0.4, -0.2) is 68.9 Å². The number of likely N-dealkylation sites (N-methyl/N-ethyl adjacent to an activating group) is 1. The quantitative estimate of drug-likeness (QED) is 0.750. The van der Waals surface area contributed by atoms with Gasteiger partial charge in [-0.05, 0) is 36.9 Å². The highest BCUT2D eigenvalue weighted by Gasteiger charge is 2.42. The van der Waals surface area contributed by atoms with E-state index in [-0.39, 0.29) is 11.8 Å². The highest BCUT2D eigenvalue weighted by molar-refractivity contribution is 6.45. The highest BCUT2D eigenvalue weighted by atomic mass is 16.2. The van der Waals surface area contributed by atoms with Crippen LogP contribution in [0.2, 0.25) is 0 Å². The van der Waals surface area contributed by atoms with E-state index in [2.05, 4.69) is 16.8 Å². The molecule has 6 heteroatoms. The highest BCUT2D eigenvalue weighted by Crippen LogP contribution is 2.35. The standard InChI is InChI=1S/C23H26N4O2/c1-24(2)18-9-11-19(12-10-18)27-22(28)20(17-7-5-4-6-8-17)21(23(27)29)26-15-13-25(3)14-16-26/h4-12H,13-16H2,1-3H3. The molecule has 0 radical (unpaired) electrons. The first-order chi connectivity index (χ1) is 14.0. The van der Waals surface area contributed by atoms with E-state index in [0.717, 1.165) is 37.4 Å². The number of hydrogen-bond donors (Lipinski definition) is 0. The molecule has 2 aromatic carbocycles. The van der Waals surface area contributed by atoms with Gasteiger partial charge >= 0.3 is 0 Å². The van der Waals surface area contributed by atoms with Crippen molar-refractivity contribution in [1.29, 1.82) is 0 Å². The number of piperazine rings is 1. The van der Waals surface area contributed by atoms with Gasteiger partial charge < -0.3 is 14.7 Å². The number of imide groups is 1. The second-order valence-corrected chi connectivity index (χ2v) is 7.74. The molecule has 0 bridgehead atoms. The van der Waals surface area contributed by atoms with Crippen LogP contribution in [0.5, 0.6) is 0 Å². The van der Waals surface area contributed by atoms with Crippen LogP contribution in [0.4, 0.5) is 11.4 Å². The van der Waals surface area contributed by atoms with Crippen LogP contribution in [0.3, 0.4) is 0 Å². The molecule has 0 spiro atoms. The molecule has 0 unspecified atom stereocenters. The van der Waals surface area contributed by atoms with E-state index in [9.17, 15) is 9.59 Å². The Balaban J connectivity index is 1.75. The molecular formula is C23H26N4O2. The van der Waals surface area contributed by atoms with Crippen LogP contribution in [0.1, 0.15) is 5.56 Å². The molecule has 1 saturated heterocycles. The van der Waals surface area contributed by atoms with Gasteiger partial charge in [0.05, 0.1) is 11.3 Å². The van der Waals surface area contributed by atoms with Crippen molar-refractivity contribution in [2.24, 2.45) is 0 Å². The normalized spacial score (nSPS) is 18.0. The van der Waals surface area contributed by atoms with Crippen molar-refractivity contribution in [3.05, 3.63) is 65.9 Å². The third kappa shape index (κ3) is 3.51. The average Bonchev–Trinajstić information content (AvgIpc) is 2.99. The number of nitrogens with zero attached hydrogens (tertiary/aromatic N) is 4. The monoisotopic (exact) mass is 390 g/mol. The van der Waals surface area contributed by atoms with E-state index in [4.69, 9.17) is 0 Å². The Labute approximate surface area is 171 Å². The number of benzene rings is 2. The van der Waals surface area contributed by atoms with Gasteiger partial charge in [0, 0.05) is 46.0 Å². The van der Waals surface area contributed by atoms with Crippen LogP contribution in [0.15, 0.2) is 60.3 Å². The molecular weight excluding hydrogens is 364 g/mol. The predicted octanol–water partition coefficient (Wildman–Crippen LogP) is 2.28. The summed E-state index contributed by atoms with van der Waals surface area (Å²) in [6.07, 6.45) is 0. The molecule has 1 fully saturated rings. The van der Waals surface area contributed by atoms with E-state index in [1.165, 1.54) is 4.90 Å². The molecule has 29 heavy (non-hydrogen) atoms. The second kappa shape index (κ2) is 7.72. The molecule has 2 aromatic rings. The topological polar surface area (TPSA) is 47.1 Å². The van der Waals surface area contributed by atoms with Crippen molar-refractivity contribution in [2.45, 2.75) is 0 Å². The Morgan fingerprint density at radius 2 is 1.41 bits per heavy atom. The lowest BCUT2D eigenvalue weighted by Crippen LogP contribution is -2.46. The summed E-state index contributed by atoms with van der Waals surface area (Å²) in [7, 11) is 5.99. The van der Waals surface area contributed by atoms with Crippen molar-refractivity contribution in [3.8, 4) is 0 Å². The smallest absolute Gasteiger partial charge is 0.282 e. The SMILES string of the molecule is CN1CCN(C2=C(c3ccccc3)C(=O)N(c3ccc(N(C)C)cc3)C2=O)CC1. The minimum absolute atomic E-state index is 0.240. The van der Waals surface area contributed by atoms with E-state index < -0.39 is 0 Å². The summed E-state index contributed by atoms with van der Waals surface area (Å²) in [6.45, 7) is 3.19. The zero-order valence-corrected chi connectivity index (χ0v) is 17.1. The predicted molar refractivity (Wildman–Crippen MR) is 116 cm³/mol. The minimum Gasteiger partial charge on any atom is -0.378 e. The number of hydrogen-bond acceptors (Lipinski definition) is 5. The lowest BCUT2D eigenvalue weighted by molar-refractivity contribution is -0.120. The summed E-state index contributed by atoms with van der Waals surface area (Å²) in [5.41, 5.74) is 3.42. The van der Waals surface area contributed by atoms with E-state index in [1.54, 1.807) is 0 Å². The van der Waals surface area contributed by atoms with Gasteiger partial charge in [0.25, 0.3) is 11.8 Å². The van der Waals surface area contributed by atoms with E-state index in [1.807, 2.05) is 73.6 Å². The molecule has 150 valence electrons. The summed E-state index contributed by atoms with van der Waals surface area (Å²) in [4.78, 5) is 34.5. The molecule has 0 N–H and O–H groups in total. The fourth-order valence-electron chi connectivity index (χ4n) is 3.84. The van der Waals surface area contributed by atoms with Gasteiger partial charge in [-0.2, -0.15) is 0 Å². The summed E-state index contributed by atoms with van der Waals surface area (Å²) in [5, 5.41) is 0. The molecule has 2 heterocycles. The zero-order valence-electron chi connectivity index (χ0n) is 17.1. The average molecular weight is 390 g/mol. The Kier molecular flexibility index (Phi) is 5.11. The van der Waals surface area contributed by atoms with E-state index >= 15 is 0 Å². The van der Waals surface area contributed by atoms with Crippen molar-refractivity contribution in [3.63, 3.8) is 0 Å². The largest absolute Gasteiger partial charge is 0.378 e. The molecule has 2 aliphatic heterocycles. The lowest BCUT2D eigenvalue weighted by atomic mass is 10.0. The van der Waals surface area contributed by atoms with Gasteiger partial charge in [0.1, 0.15) is 5.70 Å². The fourth-order valence-corrected chi connectivity index (χ4v) is 3.84. The maximum Gasteiger partial charge on any atom is 0.282 e. The van der Waals surface area contributed by atoms with Gasteiger partial charge in [0.2, 0.25) is 0 Å². The molecule has 2 aliphatic rings. The third-order valence-corrected chi connectivity index (χ3v) is 5.57. The molecule has 0 aromatic heterocycles. The van der Waals surface area contributed by atoms with Crippen LogP contribution in [-0.2, 0) is 9.59 Å². The van der Waals surface area contributed by atoms with Crippen LogP contribution in [0, 0.1) is 0 Å². The van der Waals surface area contributed by atoms with Gasteiger partial charge in [-0.3, -0.25) is 9.59 Å². The molecule has 0 saturated carbocycles. The summed E-state index contributed by atoms with van der Waals surface area (Å²) in [6, 6.07) is 17.0. The molecule has 0 atom stereocenters. The minimum atomic E-state index is -0.257. The molecule has 6 nitrogen and oxygen atoms in total. The van der Waals surface area contributed by atoms with Gasteiger partial charge in [0.15, 0.2) is 0 Å². The number of carbonyl (C=O) groups excluding carboxylic acids is 2. The maximum atomic E-state index is 13.5. The van der Waals surface area contributed by atoms with Crippen molar-refractivity contribution < 1.29 is 9.59 Å². The summed E-state index contributed by atoms with van der Waals surface area (Å²) in [5.74, 6) is -0.497. The van der Waals surface area contributed by atoms with Gasteiger partial charge in [-0.1, -0.05) is 30.3 Å². The number of anilines is 2. The van der Waals surface area contributed by atoms with Crippen LogP contribution < -0.4 is 9.80 Å². The lowest BCUT2D eigenvalue weighted by Gasteiger charge is -2.34. The van der Waals surface area contributed by atoms with Crippen molar-refractivity contribution >= 4 is 28.8 Å². The first-order valence-electron chi connectivity index (χ1n) is 9.86. The molecule has 4 rings (SSSR count). The Morgan fingerprint density at radius 1 is 0.793 bits per heavy atom. The second-order valence-electron chi connectivity index (χ2n) is 7.74. The summed E-state index contributed by atoms with van der Waals surface area (Å²) >= 11 is 0. The van der Waals surface area contributed by atoms with Crippen LogP contribution >= 0.6 is 0 Å². The molecule has 0 aliphatic carbocycles. The molecule has 2 amide bonds. The Morgan fingerprint density at radius 3 is 2.00 bits per heavy atom.